The zero-order chi connectivity index (χ0) is 24.5. The van der Waals surface area contributed by atoms with Gasteiger partial charge >= 0.3 is 6.18 Å². The number of nitrogens with two attached hydrogens (primary N) is 1. The lowest BCUT2D eigenvalue weighted by molar-refractivity contribution is -0.137. The van der Waals surface area contributed by atoms with E-state index in [0.717, 1.165) is 31.5 Å². The summed E-state index contributed by atoms with van der Waals surface area (Å²) in [6.45, 7) is 0. The van der Waals surface area contributed by atoms with Crippen LogP contribution in [0.15, 0.2) is 43.0 Å². The van der Waals surface area contributed by atoms with Crippen molar-refractivity contribution in [3.8, 4) is 0 Å². The van der Waals surface area contributed by atoms with Crippen molar-refractivity contribution < 1.29 is 22.4 Å². The minimum absolute atomic E-state index is 0.113. The number of piperidine rings is 1. The van der Waals surface area contributed by atoms with Gasteiger partial charge in [-0.1, -0.05) is 0 Å². The smallest absolute Gasteiger partial charge is 0.382 e. The number of hydrogen-bond acceptors (Lipinski definition) is 5. The molecular weight excluding hydrogens is 464 g/mol. The molecule has 180 valence electrons. The molecular formula is C24H20F4N6O. The Kier molecular flexibility index (Phi) is 4.74. The van der Waals surface area contributed by atoms with Crippen molar-refractivity contribution in [2.24, 2.45) is 5.92 Å². The second-order valence-electron chi connectivity index (χ2n) is 9.15. The van der Waals surface area contributed by atoms with Gasteiger partial charge in [-0.15, -0.1) is 0 Å². The Morgan fingerprint density at radius 2 is 1.86 bits per heavy atom. The number of carbonyl (C=O) groups excluding carboxylic acids is 1. The highest BCUT2D eigenvalue weighted by molar-refractivity contribution is 5.99. The second kappa shape index (κ2) is 7.62. The van der Waals surface area contributed by atoms with E-state index in [2.05, 4.69) is 15.0 Å². The maximum Gasteiger partial charge on any atom is 0.417 e. The van der Waals surface area contributed by atoms with Crippen molar-refractivity contribution in [1.29, 1.82) is 0 Å². The molecule has 35 heavy (non-hydrogen) atoms. The first kappa shape index (κ1) is 21.8. The van der Waals surface area contributed by atoms with Crippen LogP contribution in [0.2, 0.25) is 0 Å². The maximum atomic E-state index is 15.2. The molecule has 0 spiro atoms. The van der Waals surface area contributed by atoms with Gasteiger partial charge in [0.2, 0.25) is 0 Å². The minimum Gasteiger partial charge on any atom is -0.382 e. The number of imidazole rings is 1. The van der Waals surface area contributed by atoms with Gasteiger partial charge in [-0.25, -0.2) is 14.4 Å². The van der Waals surface area contributed by atoms with Crippen molar-refractivity contribution in [2.75, 3.05) is 5.73 Å². The van der Waals surface area contributed by atoms with Crippen molar-refractivity contribution in [3.05, 3.63) is 65.6 Å². The number of nitrogens with zero attached hydrogens (tertiary/aromatic N) is 5. The predicted octanol–water partition coefficient (Wildman–Crippen LogP) is 4.77. The highest BCUT2D eigenvalue weighted by atomic mass is 19.4. The van der Waals surface area contributed by atoms with E-state index in [9.17, 15) is 18.0 Å². The maximum absolute atomic E-state index is 15.2. The van der Waals surface area contributed by atoms with Crippen molar-refractivity contribution in [1.82, 2.24) is 24.3 Å². The third kappa shape index (κ3) is 3.40. The summed E-state index contributed by atoms with van der Waals surface area (Å²) in [6.07, 6.45) is 2.42. The largest absolute Gasteiger partial charge is 0.417 e. The molecule has 2 fully saturated rings. The first-order valence-corrected chi connectivity index (χ1v) is 11.3. The average Bonchev–Trinajstić information content (AvgIpc) is 3.29. The van der Waals surface area contributed by atoms with Crippen molar-refractivity contribution >= 4 is 28.3 Å². The van der Waals surface area contributed by atoms with E-state index in [4.69, 9.17) is 5.73 Å². The molecule has 7 nitrogen and oxygen atoms in total. The number of aromatic nitrogens is 4. The standard InChI is InChI=1S/C24H20F4N6O/c25-15-8-17-20(33-11-30-10-21(33)22(29)32-17)7-14(15)23(35)34-18-5-1-12(18)2-6-19(34)16-4-3-13(9-31-16)24(26,27)28/h3-4,7-12,18-19H,1-2,5-6H2,(H2,29,32)/t12?,18-,19?/m0/s1. The Hall–Kier alpha value is -3.76. The molecule has 2 N–H and O–H groups in total. The Balaban J connectivity index is 1.43. The minimum atomic E-state index is -4.50. The zero-order valence-electron chi connectivity index (χ0n) is 18.3. The van der Waals surface area contributed by atoms with Gasteiger partial charge in [-0.05, 0) is 49.8 Å². The summed E-state index contributed by atoms with van der Waals surface area (Å²) in [7, 11) is 0. The van der Waals surface area contributed by atoms with Crippen molar-refractivity contribution in [2.45, 2.75) is 43.9 Å². The van der Waals surface area contributed by atoms with Crippen LogP contribution in [0, 0.1) is 11.7 Å². The lowest BCUT2D eigenvalue weighted by Gasteiger charge is -2.52. The van der Waals surface area contributed by atoms with Crippen LogP contribution in [-0.4, -0.2) is 36.2 Å². The van der Waals surface area contributed by atoms with Gasteiger partial charge in [-0.3, -0.25) is 14.2 Å². The topological polar surface area (TPSA) is 89.4 Å². The van der Waals surface area contributed by atoms with Crippen LogP contribution in [0.25, 0.3) is 16.6 Å². The molecule has 4 aromatic rings. The second-order valence-corrected chi connectivity index (χ2v) is 9.15. The van der Waals surface area contributed by atoms with E-state index in [1.807, 2.05) is 0 Å². The molecule has 6 rings (SSSR count). The van der Waals surface area contributed by atoms with E-state index in [1.54, 1.807) is 9.30 Å². The van der Waals surface area contributed by atoms with Gasteiger partial charge in [-0.2, -0.15) is 13.2 Å². The SMILES string of the molecule is Nc1nc2cc(F)c(C(=O)N3C(c4ccc(C(F)(F)F)cn4)CCC4CC[C@@H]43)cc2n2cncc12. The normalized spacial score (nSPS) is 22.3. The predicted molar refractivity (Wildman–Crippen MR) is 119 cm³/mol. The summed E-state index contributed by atoms with van der Waals surface area (Å²) in [5, 5.41) is 0. The lowest BCUT2D eigenvalue weighted by Crippen LogP contribution is -2.55. The third-order valence-electron chi connectivity index (χ3n) is 7.27. The molecule has 1 aliphatic heterocycles. The number of nitrogen functional groups attached to an aromatic ring is 1. The summed E-state index contributed by atoms with van der Waals surface area (Å²) >= 11 is 0. The van der Waals surface area contributed by atoms with Crippen LogP contribution in [0.4, 0.5) is 23.4 Å². The molecule has 0 bridgehead atoms. The fourth-order valence-electron chi connectivity index (χ4n) is 5.35. The first-order chi connectivity index (χ1) is 16.7. The number of hydrogen-bond donors (Lipinski definition) is 1. The molecule has 3 atom stereocenters. The molecule has 1 amide bonds. The first-order valence-electron chi connectivity index (χ1n) is 11.3. The molecule has 11 heteroatoms. The number of likely N-dealkylation sites (tertiary alicyclic amines) is 1. The van der Waals surface area contributed by atoms with E-state index in [1.165, 1.54) is 30.7 Å². The van der Waals surface area contributed by atoms with Gasteiger partial charge in [0, 0.05) is 18.3 Å². The summed E-state index contributed by atoms with van der Waals surface area (Å²) in [5.74, 6) is -0.782. The van der Waals surface area contributed by atoms with E-state index < -0.39 is 29.5 Å². The summed E-state index contributed by atoms with van der Waals surface area (Å²) in [5.41, 5.74) is 6.61. The van der Waals surface area contributed by atoms with Crippen LogP contribution >= 0.6 is 0 Å². The molecule has 0 radical (unpaired) electrons. The molecule has 1 saturated carbocycles. The fourth-order valence-corrected chi connectivity index (χ4v) is 5.35. The molecule has 4 heterocycles. The highest BCUT2D eigenvalue weighted by Crippen LogP contribution is 2.47. The number of amides is 1. The summed E-state index contributed by atoms with van der Waals surface area (Å²) < 4.78 is 56.0. The van der Waals surface area contributed by atoms with Crippen molar-refractivity contribution in [3.63, 3.8) is 0 Å². The Bertz CT molecular complexity index is 1470. The van der Waals surface area contributed by atoms with Gasteiger partial charge in [0.15, 0.2) is 0 Å². The zero-order valence-corrected chi connectivity index (χ0v) is 18.3. The van der Waals surface area contributed by atoms with Crippen LogP contribution in [0.1, 0.15) is 53.3 Å². The number of pyridine rings is 1. The molecule has 1 aliphatic carbocycles. The number of fused-ring (bicyclic) bond motifs is 4. The van der Waals surface area contributed by atoms with Crippen LogP contribution < -0.4 is 5.73 Å². The van der Waals surface area contributed by atoms with E-state index in [-0.39, 0.29) is 28.9 Å². The molecule has 1 saturated heterocycles. The molecule has 2 aliphatic rings. The Morgan fingerprint density at radius 3 is 2.54 bits per heavy atom. The third-order valence-corrected chi connectivity index (χ3v) is 7.27. The van der Waals surface area contributed by atoms with Gasteiger partial charge in [0.25, 0.3) is 5.91 Å². The number of carbonyl (C=O) groups is 1. The van der Waals surface area contributed by atoms with E-state index >= 15 is 4.39 Å². The van der Waals surface area contributed by atoms with Crippen LogP contribution in [0.3, 0.4) is 0 Å². The quantitative estimate of drug-likeness (QED) is 0.414. The van der Waals surface area contributed by atoms with Gasteiger partial charge < -0.3 is 10.6 Å². The molecule has 2 unspecified atom stereocenters. The lowest BCUT2D eigenvalue weighted by atomic mass is 9.70. The Morgan fingerprint density at radius 1 is 1.06 bits per heavy atom. The monoisotopic (exact) mass is 484 g/mol. The van der Waals surface area contributed by atoms with Gasteiger partial charge in [0.1, 0.15) is 17.2 Å². The van der Waals surface area contributed by atoms with Gasteiger partial charge in [0.05, 0.1) is 46.4 Å². The number of halogens is 4. The molecule has 1 aromatic carbocycles. The average molecular weight is 484 g/mol. The van der Waals surface area contributed by atoms with E-state index in [0.29, 0.717) is 23.1 Å². The van der Waals surface area contributed by atoms with Crippen LogP contribution in [-0.2, 0) is 6.18 Å². The van der Waals surface area contributed by atoms with Crippen LogP contribution in [0.5, 0.6) is 0 Å². The number of anilines is 1. The number of benzene rings is 1. The number of alkyl halides is 3. The summed E-state index contributed by atoms with van der Waals surface area (Å²) in [6, 6.07) is 4.24. The summed E-state index contributed by atoms with van der Waals surface area (Å²) in [4.78, 5) is 27.8. The Labute approximate surface area is 196 Å². The highest BCUT2D eigenvalue weighted by Gasteiger charge is 2.46. The molecule has 3 aromatic heterocycles. The fraction of sp³-hybridized carbons (Fsp3) is 0.333. The number of rotatable bonds is 2.